The summed E-state index contributed by atoms with van der Waals surface area (Å²) in [6, 6.07) is 0. The smallest absolute Gasteiger partial charge is 0.305 e. The van der Waals surface area contributed by atoms with Crippen LogP contribution in [0.15, 0.2) is 0 Å². The molecule has 6 heteroatoms. The van der Waals surface area contributed by atoms with Crippen molar-refractivity contribution in [3.63, 3.8) is 0 Å². The molecule has 4 aliphatic rings. The minimum atomic E-state index is -1.94. The van der Waals surface area contributed by atoms with Crippen molar-refractivity contribution in [2.24, 2.45) is 46.3 Å². The standard InChI is InChI=1S/C37H70O4Si2/c1-25(15-18-32(38)39-10)28-16-17-29-33-30(20-22-37(28,29)9)36(8)21-19-27(40-42(11,12)34(2,3)4)23-26(36)24-31(33)41-43(13,14)35(5,6)7/h25-31,33H,15-24H2,1-14H3/t25-,26+,27-,28-,29+,30+,31+,33+,36+,37-/m1/s1. The number of ether oxygens (including phenoxy) is 1. The summed E-state index contributed by atoms with van der Waals surface area (Å²) >= 11 is 0. The molecule has 0 unspecified atom stereocenters. The molecule has 0 bridgehead atoms. The zero-order chi connectivity index (χ0) is 32.4. The van der Waals surface area contributed by atoms with Crippen LogP contribution in [0.5, 0.6) is 0 Å². The molecule has 4 nitrogen and oxygen atoms in total. The molecule has 4 aliphatic carbocycles. The summed E-state index contributed by atoms with van der Waals surface area (Å²) in [5.41, 5.74) is 0.735. The summed E-state index contributed by atoms with van der Waals surface area (Å²) in [6.07, 6.45) is 12.6. The molecular weight excluding hydrogens is 565 g/mol. The molecule has 4 fully saturated rings. The second kappa shape index (κ2) is 12.1. The molecule has 43 heavy (non-hydrogen) atoms. The van der Waals surface area contributed by atoms with Crippen LogP contribution in [0.4, 0.5) is 0 Å². The highest BCUT2D eigenvalue weighted by molar-refractivity contribution is 6.74. The van der Waals surface area contributed by atoms with E-state index in [2.05, 4.69) is 88.5 Å². The third kappa shape index (κ3) is 6.66. The van der Waals surface area contributed by atoms with Crippen LogP contribution >= 0.6 is 0 Å². The molecule has 4 saturated carbocycles. The summed E-state index contributed by atoms with van der Waals surface area (Å²) < 4.78 is 19.7. The van der Waals surface area contributed by atoms with Crippen molar-refractivity contribution in [1.82, 2.24) is 0 Å². The Balaban J connectivity index is 1.63. The Hall–Kier alpha value is -0.176. The average Bonchev–Trinajstić information content (AvgIpc) is 3.23. The molecule has 0 aromatic heterocycles. The van der Waals surface area contributed by atoms with Crippen LogP contribution in [0.1, 0.15) is 127 Å². The van der Waals surface area contributed by atoms with Crippen LogP contribution in [-0.4, -0.2) is 41.9 Å². The lowest BCUT2D eigenvalue weighted by Crippen LogP contribution is -2.61. The Morgan fingerprint density at radius 3 is 1.95 bits per heavy atom. The van der Waals surface area contributed by atoms with Crippen molar-refractivity contribution >= 4 is 22.6 Å². The number of methoxy groups -OCH3 is 1. The van der Waals surface area contributed by atoms with E-state index >= 15 is 0 Å². The van der Waals surface area contributed by atoms with E-state index in [9.17, 15) is 4.79 Å². The van der Waals surface area contributed by atoms with Gasteiger partial charge in [0.15, 0.2) is 16.6 Å². The molecule has 0 spiro atoms. The molecule has 0 aliphatic heterocycles. The van der Waals surface area contributed by atoms with Gasteiger partial charge < -0.3 is 13.6 Å². The number of carbonyl (C=O) groups is 1. The predicted octanol–water partition coefficient (Wildman–Crippen LogP) is 10.6. The minimum absolute atomic E-state index is 0.0579. The highest BCUT2D eigenvalue weighted by Gasteiger charge is 2.64. The van der Waals surface area contributed by atoms with Gasteiger partial charge in [-0.05, 0) is 140 Å². The van der Waals surface area contributed by atoms with Gasteiger partial charge in [-0.15, -0.1) is 0 Å². The number of hydrogen-bond acceptors (Lipinski definition) is 4. The van der Waals surface area contributed by atoms with Gasteiger partial charge in [-0.3, -0.25) is 4.79 Å². The fourth-order valence-electron chi connectivity index (χ4n) is 10.2. The maximum atomic E-state index is 12.0. The molecule has 250 valence electrons. The third-order valence-electron chi connectivity index (χ3n) is 14.9. The van der Waals surface area contributed by atoms with E-state index in [1.54, 1.807) is 0 Å². The van der Waals surface area contributed by atoms with Gasteiger partial charge in [0.2, 0.25) is 0 Å². The Kier molecular flexibility index (Phi) is 10.1. The van der Waals surface area contributed by atoms with Crippen LogP contribution in [0, 0.1) is 46.3 Å². The van der Waals surface area contributed by atoms with Gasteiger partial charge >= 0.3 is 5.97 Å². The van der Waals surface area contributed by atoms with E-state index in [1.807, 2.05) is 0 Å². The fourth-order valence-corrected chi connectivity index (χ4v) is 12.9. The lowest BCUT2D eigenvalue weighted by Gasteiger charge is -2.64. The molecule has 4 rings (SSSR count). The minimum Gasteiger partial charge on any atom is -0.469 e. The zero-order valence-corrected chi connectivity index (χ0v) is 32.8. The van der Waals surface area contributed by atoms with Crippen molar-refractivity contribution in [2.45, 2.75) is 175 Å². The lowest BCUT2D eigenvalue weighted by atomic mass is 9.43. The number of esters is 1. The topological polar surface area (TPSA) is 44.8 Å². The first-order chi connectivity index (χ1) is 19.6. The fraction of sp³-hybridized carbons (Fsp3) is 0.973. The highest BCUT2D eigenvalue weighted by atomic mass is 28.4. The quantitative estimate of drug-likeness (QED) is 0.197. The van der Waals surface area contributed by atoms with Crippen molar-refractivity contribution in [2.75, 3.05) is 7.11 Å². The number of fused-ring (bicyclic) bond motifs is 5. The largest absolute Gasteiger partial charge is 0.469 e. The molecule has 0 aromatic rings. The predicted molar refractivity (Wildman–Crippen MR) is 185 cm³/mol. The molecule has 0 N–H and O–H groups in total. The molecular formula is C37H70O4Si2. The van der Waals surface area contributed by atoms with Gasteiger partial charge in [-0.25, -0.2) is 0 Å². The Labute approximate surface area is 268 Å². The molecule has 0 amide bonds. The van der Waals surface area contributed by atoms with E-state index < -0.39 is 16.6 Å². The summed E-state index contributed by atoms with van der Waals surface area (Å²) in [4.78, 5) is 12.0. The van der Waals surface area contributed by atoms with Crippen molar-refractivity contribution in [3.8, 4) is 0 Å². The first-order valence-corrected chi connectivity index (χ1v) is 23.8. The molecule has 10 atom stereocenters. The van der Waals surface area contributed by atoms with Gasteiger partial charge in [0.05, 0.1) is 7.11 Å². The summed E-state index contributed by atoms with van der Waals surface area (Å²) in [6.45, 7) is 31.9. The normalized spacial score (nSPS) is 39.4. The Morgan fingerprint density at radius 1 is 0.814 bits per heavy atom. The first-order valence-electron chi connectivity index (χ1n) is 18.0. The van der Waals surface area contributed by atoms with E-state index in [0.717, 1.165) is 18.3 Å². The Morgan fingerprint density at radius 2 is 1.37 bits per heavy atom. The van der Waals surface area contributed by atoms with Crippen molar-refractivity contribution < 1.29 is 18.4 Å². The third-order valence-corrected chi connectivity index (χ3v) is 24.0. The van der Waals surface area contributed by atoms with Gasteiger partial charge in [-0.2, -0.15) is 0 Å². The van der Waals surface area contributed by atoms with Crippen LogP contribution < -0.4 is 0 Å². The van der Waals surface area contributed by atoms with Crippen LogP contribution in [0.25, 0.3) is 0 Å². The first kappa shape index (κ1) is 35.7. The second-order valence-corrected chi connectivity index (χ2v) is 28.8. The lowest BCUT2D eigenvalue weighted by molar-refractivity contribution is -0.169. The van der Waals surface area contributed by atoms with Gasteiger partial charge in [0.1, 0.15) is 0 Å². The van der Waals surface area contributed by atoms with Gasteiger partial charge in [0.25, 0.3) is 0 Å². The maximum Gasteiger partial charge on any atom is 0.305 e. The zero-order valence-electron chi connectivity index (χ0n) is 30.8. The molecule has 0 aromatic carbocycles. The number of hydrogen-bond donors (Lipinski definition) is 0. The number of rotatable bonds is 8. The van der Waals surface area contributed by atoms with E-state index in [4.69, 9.17) is 13.6 Å². The van der Waals surface area contributed by atoms with E-state index in [1.165, 1.54) is 58.5 Å². The molecule has 0 heterocycles. The van der Waals surface area contributed by atoms with Crippen LogP contribution in [-0.2, 0) is 18.4 Å². The van der Waals surface area contributed by atoms with Gasteiger partial charge in [-0.1, -0.05) is 62.3 Å². The summed E-state index contributed by atoms with van der Waals surface area (Å²) in [5, 5.41) is 0.461. The average molecular weight is 635 g/mol. The SMILES string of the molecule is COC(=O)CC[C@@H](C)[C@H]1CC[C@H]2[C@@H]3[C@@H](O[Si](C)(C)C(C)(C)C)C[C@@H]4C[C@H](O[Si](C)(C)C(C)(C)C)CC[C@]4(C)[C@H]3CC[C@]12C. The summed E-state index contributed by atoms with van der Waals surface area (Å²) in [7, 11) is -2.22. The number of carbonyl (C=O) groups excluding carboxylic acids is 1. The second-order valence-electron chi connectivity index (χ2n) is 19.2. The maximum absolute atomic E-state index is 12.0. The van der Waals surface area contributed by atoms with Crippen LogP contribution in [0.2, 0.25) is 36.3 Å². The van der Waals surface area contributed by atoms with Crippen molar-refractivity contribution in [1.29, 1.82) is 0 Å². The highest BCUT2D eigenvalue weighted by Crippen LogP contribution is 2.69. The molecule has 0 saturated heterocycles. The van der Waals surface area contributed by atoms with Crippen molar-refractivity contribution in [3.05, 3.63) is 0 Å². The van der Waals surface area contributed by atoms with E-state index in [0.29, 0.717) is 53.1 Å². The monoisotopic (exact) mass is 634 g/mol. The molecule has 0 radical (unpaired) electrons. The Bertz CT molecular complexity index is 996. The summed E-state index contributed by atoms with van der Waals surface area (Å²) in [5.74, 6) is 4.01. The van der Waals surface area contributed by atoms with E-state index in [-0.39, 0.29) is 16.0 Å². The van der Waals surface area contributed by atoms with Gasteiger partial charge in [0, 0.05) is 18.6 Å². The van der Waals surface area contributed by atoms with Crippen LogP contribution in [0.3, 0.4) is 0 Å².